The number of aromatic hydroxyl groups is 1. The van der Waals surface area contributed by atoms with Gasteiger partial charge < -0.3 is 29.1 Å². The van der Waals surface area contributed by atoms with Crippen LogP contribution in [0.2, 0.25) is 0 Å². The minimum Gasteiger partial charge on any atom is -0.504 e. The average molecular weight is 372 g/mol. The molecule has 7 heteroatoms. The Kier molecular flexibility index (Phi) is 5.90. The molecular formula is C20H24N2O5. The molecule has 1 aliphatic rings. The number of amides is 1. The van der Waals surface area contributed by atoms with E-state index in [1.807, 2.05) is 18.2 Å². The first-order valence-electron chi connectivity index (χ1n) is 8.78. The first-order chi connectivity index (χ1) is 13.1. The van der Waals surface area contributed by atoms with E-state index in [0.717, 1.165) is 18.8 Å². The van der Waals surface area contributed by atoms with Crippen molar-refractivity contribution in [3.63, 3.8) is 0 Å². The maximum atomic E-state index is 12.4. The van der Waals surface area contributed by atoms with E-state index in [0.29, 0.717) is 30.3 Å². The zero-order valence-electron chi connectivity index (χ0n) is 15.6. The summed E-state index contributed by atoms with van der Waals surface area (Å²) in [5.74, 6) is 1.63. The number of hydrogen-bond acceptors (Lipinski definition) is 6. The van der Waals surface area contributed by atoms with Crippen LogP contribution in [-0.2, 0) is 4.79 Å². The van der Waals surface area contributed by atoms with Gasteiger partial charge in [-0.25, -0.2) is 0 Å². The fourth-order valence-corrected chi connectivity index (χ4v) is 3.05. The summed E-state index contributed by atoms with van der Waals surface area (Å²) < 4.78 is 16.1. The molecular weight excluding hydrogens is 348 g/mol. The van der Waals surface area contributed by atoms with E-state index in [1.165, 1.54) is 6.07 Å². The van der Waals surface area contributed by atoms with Gasteiger partial charge in [-0.3, -0.25) is 4.79 Å². The molecule has 1 aliphatic heterocycles. The van der Waals surface area contributed by atoms with Gasteiger partial charge in [0.05, 0.1) is 14.2 Å². The van der Waals surface area contributed by atoms with Gasteiger partial charge in [0, 0.05) is 37.9 Å². The number of methoxy groups -OCH3 is 2. The number of anilines is 1. The van der Waals surface area contributed by atoms with E-state index in [4.69, 9.17) is 14.2 Å². The van der Waals surface area contributed by atoms with Crippen LogP contribution in [-0.4, -0.2) is 62.9 Å². The number of rotatable bonds is 6. The second kappa shape index (κ2) is 8.53. The monoisotopic (exact) mass is 372 g/mol. The zero-order chi connectivity index (χ0) is 19.2. The number of hydrogen-bond donors (Lipinski definition) is 1. The number of phenols is 1. The Labute approximate surface area is 158 Å². The highest BCUT2D eigenvalue weighted by Crippen LogP contribution is 2.32. The lowest BCUT2D eigenvalue weighted by Gasteiger charge is -2.36. The quantitative estimate of drug-likeness (QED) is 0.838. The van der Waals surface area contributed by atoms with Gasteiger partial charge >= 0.3 is 0 Å². The Balaban J connectivity index is 1.54. The maximum absolute atomic E-state index is 12.4. The number of phenolic OH excluding ortho intramolecular Hbond substituents is 1. The fourth-order valence-electron chi connectivity index (χ4n) is 3.05. The summed E-state index contributed by atoms with van der Waals surface area (Å²) in [4.78, 5) is 16.4. The summed E-state index contributed by atoms with van der Waals surface area (Å²) >= 11 is 0. The smallest absolute Gasteiger partial charge is 0.260 e. The highest BCUT2D eigenvalue weighted by molar-refractivity contribution is 5.78. The second-order valence-electron chi connectivity index (χ2n) is 6.16. The van der Waals surface area contributed by atoms with E-state index in [-0.39, 0.29) is 18.3 Å². The predicted octanol–water partition coefficient (Wildman–Crippen LogP) is 2.14. The van der Waals surface area contributed by atoms with Crippen LogP contribution in [0.4, 0.5) is 5.69 Å². The Morgan fingerprint density at radius 1 is 0.963 bits per heavy atom. The fraction of sp³-hybridized carbons (Fsp3) is 0.350. The molecule has 0 aliphatic carbocycles. The molecule has 1 saturated heterocycles. The molecule has 7 nitrogen and oxygen atoms in total. The molecule has 0 aromatic heterocycles. The van der Waals surface area contributed by atoms with Crippen molar-refractivity contribution in [2.45, 2.75) is 0 Å². The van der Waals surface area contributed by atoms with E-state index < -0.39 is 0 Å². The van der Waals surface area contributed by atoms with Crippen LogP contribution in [0.1, 0.15) is 0 Å². The Morgan fingerprint density at radius 3 is 2.33 bits per heavy atom. The maximum Gasteiger partial charge on any atom is 0.260 e. The van der Waals surface area contributed by atoms with E-state index in [2.05, 4.69) is 4.90 Å². The minimum absolute atomic E-state index is 0.0311. The number of piperazine rings is 1. The molecule has 0 radical (unpaired) electrons. The van der Waals surface area contributed by atoms with Crippen molar-refractivity contribution >= 4 is 11.6 Å². The van der Waals surface area contributed by atoms with Gasteiger partial charge in [-0.1, -0.05) is 12.1 Å². The molecule has 0 saturated carbocycles. The van der Waals surface area contributed by atoms with Crippen molar-refractivity contribution in [2.24, 2.45) is 0 Å². The molecule has 0 unspecified atom stereocenters. The number of carbonyl (C=O) groups excluding carboxylic acids is 1. The summed E-state index contributed by atoms with van der Waals surface area (Å²) in [7, 11) is 3.22. The number of nitrogens with zero attached hydrogens (tertiary/aromatic N) is 2. The largest absolute Gasteiger partial charge is 0.504 e. The zero-order valence-corrected chi connectivity index (χ0v) is 15.6. The highest BCUT2D eigenvalue weighted by atomic mass is 16.5. The third-order valence-corrected chi connectivity index (χ3v) is 4.58. The van der Waals surface area contributed by atoms with Gasteiger partial charge in [0.25, 0.3) is 5.91 Å². The van der Waals surface area contributed by atoms with Crippen molar-refractivity contribution in [1.29, 1.82) is 0 Å². The SMILES string of the molecule is COc1ccc(N2CCN(C(=O)COc3ccccc3O)CC2)cc1OC. The third-order valence-electron chi connectivity index (χ3n) is 4.58. The molecule has 1 heterocycles. The van der Waals surface area contributed by atoms with Crippen LogP contribution in [0.15, 0.2) is 42.5 Å². The molecule has 1 fully saturated rings. The molecule has 2 aromatic rings. The van der Waals surface area contributed by atoms with E-state index in [1.54, 1.807) is 37.3 Å². The molecule has 144 valence electrons. The number of para-hydroxylation sites is 2. The lowest BCUT2D eigenvalue weighted by atomic mass is 10.2. The second-order valence-corrected chi connectivity index (χ2v) is 6.16. The predicted molar refractivity (Wildman–Crippen MR) is 102 cm³/mol. The van der Waals surface area contributed by atoms with Crippen molar-refractivity contribution in [3.05, 3.63) is 42.5 Å². The van der Waals surface area contributed by atoms with Crippen molar-refractivity contribution in [2.75, 3.05) is 51.9 Å². The van der Waals surface area contributed by atoms with Crippen LogP contribution < -0.4 is 19.1 Å². The molecule has 0 atom stereocenters. The summed E-state index contributed by atoms with van der Waals surface area (Å²) in [5.41, 5.74) is 1.03. The van der Waals surface area contributed by atoms with Gasteiger partial charge in [0.2, 0.25) is 0 Å². The lowest BCUT2D eigenvalue weighted by Crippen LogP contribution is -2.50. The van der Waals surface area contributed by atoms with Crippen LogP contribution in [0.5, 0.6) is 23.0 Å². The minimum atomic E-state index is -0.0924. The van der Waals surface area contributed by atoms with Crippen molar-refractivity contribution in [3.8, 4) is 23.0 Å². The average Bonchev–Trinajstić information content (AvgIpc) is 2.72. The molecule has 1 N–H and O–H groups in total. The lowest BCUT2D eigenvalue weighted by molar-refractivity contribution is -0.133. The van der Waals surface area contributed by atoms with Crippen LogP contribution in [0, 0.1) is 0 Å². The Morgan fingerprint density at radius 2 is 1.67 bits per heavy atom. The normalized spacial score (nSPS) is 14.0. The summed E-state index contributed by atoms with van der Waals surface area (Å²) in [6.45, 7) is 2.57. The van der Waals surface area contributed by atoms with Gasteiger partial charge in [-0.15, -0.1) is 0 Å². The number of benzene rings is 2. The summed E-state index contributed by atoms with van der Waals surface area (Å²) in [6.07, 6.45) is 0. The van der Waals surface area contributed by atoms with Crippen LogP contribution in [0.25, 0.3) is 0 Å². The van der Waals surface area contributed by atoms with Gasteiger partial charge in [-0.05, 0) is 24.3 Å². The molecule has 3 rings (SSSR count). The molecule has 2 aromatic carbocycles. The molecule has 0 spiro atoms. The van der Waals surface area contributed by atoms with Gasteiger partial charge in [0.1, 0.15) is 0 Å². The molecule has 1 amide bonds. The van der Waals surface area contributed by atoms with Crippen LogP contribution in [0.3, 0.4) is 0 Å². The standard InChI is InChI=1S/C20H24N2O5/c1-25-18-8-7-15(13-19(18)26-2)21-9-11-22(12-10-21)20(24)14-27-17-6-4-3-5-16(17)23/h3-8,13,23H,9-12,14H2,1-2H3. The van der Waals surface area contributed by atoms with Crippen molar-refractivity contribution < 1.29 is 24.1 Å². The number of carbonyl (C=O) groups is 1. The summed E-state index contributed by atoms with van der Waals surface area (Å²) in [5, 5.41) is 9.70. The molecule has 27 heavy (non-hydrogen) atoms. The van der Waals surface area contributed by atoms with Crippen LogP contribution >= 0.6 is 0 Å². The van der Waals surface area contributed by atoms with E-state index >= 15 is 0 Å². The Bertz CT molecular complexity index is 788. The summed E-state index contributed by atoms with van der Waals surface area (Å²) in [6, 6.07) is 12.4. The first kappa shape index (κ1) is 18.7. The Hall–Kier alpha value is -3.09. The van der Waals surface area contributed by atoms with Gasteiger partial charge in [-0.2, -0.15) is 0 Å². The topological polar surface area (TPSA) is 71.5 Å². The first-order valence-corrected chi connectivity index (χ1v) is 8.78. The van der Waals surface area contributed by atoms with E-state index in [9.17, 15) is 9.90 Å². The highest BCUT2D eigenvalue weighted by Gasteiger charge is 2.22. The molecule has 0 bridgehead atoms. The number of ether oxygens (including phenoxy) is 3. The third kappa shape index (κ3) is 4.36. The van der Waals surface area contributed by atoms with Crippen molar-refractivity contribution in [1.82, 2.24) is 4.90 Å². The van der Waals surface area contributed by atoms with Gasteiger partial charge in [0.15, 0.2) is 29.6 Å².